The summed E-state index contributed by atoms with van der Waals surface area (Å²) in [5.74, 6) is 0.515. The van der Waals surface area contributed by atoms with E-state index in [1.54, 1.807) is 37.3 Å². The van der Waals surface area contributed by atoms with Gasteiger partial charge in [0.15, 0.2) is 0 Å². The van der Waals surface area contributed by atoms with Gasteiger partial charge in [-0.25, -0.2) is 18.2 Å². The number of piperazine rings is 1. The topological polar surface area (TPSA) is 91.8 Å². The number of carbonyl (C=O) groups is 1. The van der Waals surface area contributed by atoms with Gasteiger partial charge in [0.2, 0.25) is 15.9 Å². The van der Waals surface area contributed by atoms with Crippen LogP contribution in [0.1, 0.15) is 16.7 Å². The van der Waals surface area contributed by atoms with E-state index >= 15 is 0 Å². The van der Waals surface area contributed by atoms with E-state index in [2.05, 4.69) is 10.3 Å². The van der Waals surface area contributed by atoms with E-state index in [1.165, 1.54) is 4.31 Å². The summed E-state index contributed by atoms with van der Waals surface area (Å²) in [5.41, 5.74) is 2.49. The van der Waals surface area contributed by atoms with Gasteiger partial charge in [0.1, 0.15) is 0 Å². The molecule has 2 amide bonds. The van der Waals surface area contributed by atoms with Crippen molar-refractivity contribution in [3.05, 3.63) is 53.2 Å². The summed E-state index contributed by atoms with van der Waals surface area (Å²) in [7, 11) is -2.03. The molecule has 0 atom stereocenters. The molecule has 1 saturated heterocycles. The maximum Gasteiger partial charge on any atom is 0.317 e. The zero-order chi connectivity index (χ0) is 21.0. The highest BCUT2D eigenvalue weighted by molar-refractivity contribution is 7.89. The number of urea groups is 1. The molecule has 0 bridgehead atoms. The minimum Gasteiger partial charge on any atom is -0.481 e. The molecule has 2 heterocycles. The fourth-order valence-electron chi connectivity index (χ4n) is 3.18. The Morgan fingerprint density at radius 3 is 2.48 bits per heavy atom. The molecule has 1 aliphatic heterocycles. The quantitative estimate of drug-likeness (QED) is 0.801. The van der Waals surface area contributed by atoms with Crippen LogP contribution in [0, 0.1) is 13.8 Å². The number of hydrogen-bond acceptors (Lipinski definition) is 5. The molecule has 0 radical (unpaired) electrons. The number of benzene rings is 1. The van der Waals surface area contributed by atoms with E-state index in [0.29, 0.717) is 30.4 Å². The first kappa shape index (κ1) is 21.1. The minimum atomic E-state index is -3.57. The van der Waals surface area contributed by atoms with Gasteiger partial charge in [-0.1, -0.05) is 18.2 Å². The molecule has 2 aromatic rings. The van der Waals surface area contributed by atoms with Gasteiger partial charge in [0.05, 0.1) is 12.0 Å². The monoisotopic (exact) mass is 418 g/mol. The van der Waals surface area contributed by atoms with E-state index in [-0.39, 0.29) is 19.1 Å². The van der Waals surface area contributed by atoms with Crippen molar-refractivity contribution in [1.82, 2.24) is 19.5 Å². The van der Waals surface area contributed by atoms with Crippen molar-refractivity contribution in [3.8, 4) is 5.88 Å². The Balaban J connectivity index is 1.56. The van der Waals surface area contributed by atoms with Gasteiger partial charge < -0.3 is 15.0 Å². The highest BCUT2D eigenvalue weighted by atomic mass is 32.2. The van der Waals surface area contributed by atoms with Gasteiger partial charge in [-0.3, -0.25) is 0 Å². The summed E-state index contributed by atoms with van der Waals surface area (Å²) in [6.45, 7) is 5.24. The fourth-order valence-corrected chi connectivity index (χ4v) is 4.91. The maximum atomic E-state index is 13.0. The maximum absolute atomic E-state index is 13.0. The molecule has 29 heavy (non-hydrogen) atoms. The number of hydrogen-bond donors (Lipinski definition) is 1. The number of pyridine rings is 1. The zero-order valence-corrected chi connectivity index (χ0v) is 17.7. The number of rotatable bonds is 5. The van der Waals surface area contributed by atoms with Crippen LogP contribution in [0.3, 0.4) is 0 Å². The molecular weight excluding hydrogens is 392 g/mol. The summed E-state index contributed by atoms with van der Waals surface area (Å²) < 4.78 is 32.4. The Hall–Kier alpha value is -2.65. The third-order valence-electron chi connectivity index (χ3n) is 4.94. The van der Waals surface area contributed by atoms with Crippen LogP contribution in [-0.4, -0.2) is 61.9 Å². The van der Waals surface area contributed by atoms with E-state index in [1.807, 2.05) is 25.1 Å². The molecule has 1 N–H and O–H groups in total. The number of ether oxygens (including phenoxy) is 1. The third-order valence-corrected chi connectivity index (χ3v) is 6.98. The van der Waals surface area contributed by atoms with Gasteiger partial charge >= 0.3 is 6.03 Å². The van der Waals surface area contributed by atoms with Crippen LogP contribution in [0.25, 0.3) is 0 Å². The Morgan fingerprint density at radius 2 is 1.86 bits per heavy atom. The number of aryl methyl sites for hydroxylation is 2. The Kier molecular flexibility index (Phi) is 6.39. The van der Waals surface area contributed by atoms with Gasteiger partial charge in [0.25, 0.3) is 0 Å². The summed E-state index contributed by atoms with van der Waals surface area (Å²) in [6.07, 6.45) is 1.65. The lowest BCUT2D eigenvalue weighted by atomic mass is 10.2. The summed E-state index contributed by atoms with van der Waals surface area (Å²) >= 11 is 0. The first-order chi connectivity index (χ1) is 13.8. The summed E-state index contributed by atoms with van der Waals surface area (Å²) in [5, 5.41) is 2.85. The van der Waals surface area contributed by atoms with Gasteiger partial charge in [0, 0.05) is 45.0 Å². The van der Waals surface area contributed by atoms with Crippen LogP contribution >= 0.6 is 0 Å². The molecule has 1 aromatic carbocycles. The molecule has 1 fully saturated rings. The number of amides is 2. The van der Waals surface area contributed by atoms with Crippen molar-refractivity contribution in [2.24, 2.45) is 0 Å². The van der Waals surface area contributed by atoms with Gasteiger partial charge in [-0.2, -0.15) is 4.31 Å². The van der Waals surface area contributed by atoms with Crippen molar-refractivity contribution < 1.29 is 17.9 Å². The van der Waals surface area contributed by atoms with Crippen LogP contribution < -0.4 is 10.1 Å². The van der Waals surface area contributed by atoms with Crippen molar-refractivity contribution >= 4 is 16.1 Å². The molecule has 8 nitrogen and oxygen atoms in total. The summed E-state index contributed by atoms with van der Waals surface area (Å²) in [4.78, 5) is 18.5. The van der Waals surface area contributed by atoms with Gasteiger partial charge in [-0.05, 0) is 36.6 Å². The fraction of sp³-hybridized carbons (Fsp3) is 0.400. The average Bonchev–Trinajstić information content (AvgIpc) is 2.74. The second-order valence-electron chi connectivity index (χ2n) is 7.03. The number of methoxy groups -OCH3 is 1. The third kappa shape index (κ3) is 4.86. The van der Waals surface area contributed by atoms with Crippen molar-refractivity contribution in [1.29, 1.82) is 0 Å². The van der Waals surface area contributed by atoms with Crippen molar-refractivity contribution in [3.63, 3.8) is 0 Å². The van der Waals surface area contributed by atoms with E-state index in [4.69, 9.17) is 4.74 Å². The van der Waals surface area contributed by atoms with E-state index < -0.39 is 10.0 Å². The second kappa shape index (κ2) is 8.79. The highest BCUT2D eigenvalue weighted by Gasteiger charge is 2.31. The number of carbonyl (C=O) groups excluding carboxylic acids is 1. The van der Waals surface area contributed by atoms with Crippen LogP contribution in [-0.2, 0) is 16.6 Å². The standard InChI is InChI=1S/C20H26N4O4S/c1-15-4-5-16(2)18(12-15)29(26,27)24-10-8-23(9-11-24)20(25)22-14-17-6-7-19(28-3)21-13-17/h4-7,12-13H,8-11,14H2,1-3H3,(H,22,25). The number of aromatic nitrogens is 1. The Labute approximate surface area is 171 Å². The van der Waals surface area contributed by atoms with Crippen molar-refractivity contribution in [2.45, 2.75) is 25.3 Å². The van der Waals surface area contributed by atoms with E-state index in [0.717, 1.165) is 16.7 Å². The minimum absolute atomic E-state index is 0.218. The lowest BCUT2D eigenvalue weighted by molar-refractivity contribution is 0.172. The summed E-state index contributed by atoms with van der Waals surface area (Å²) in [6, 6.07) is 8.77. The molecule has 0 aliphatic carbocycles. The number of sulfonamides is 1. The first-order valence-electron chi connectivity index (χ1n) is 9.40. The van der Waals surface area contributed by atoms with Crippen LogP contribution in [0.15, 0.2) is 41.4 Å². The average molecular weight is 419 g/mol. The van der Waals surface area contributed by atoms with E-state index in [9.17, 15) is 13.2 Å². The normalized spacial score (nSPS) is 15.2. The lowest BCUT2D eigenvalue weighted by Crippen LogP contribution is -2.53. The molecule has 0 unspecified atom stereocenters. The van der Waals surface area contributed by atoms with Crippen molar-refractivity contribution in [2.75, 3.05) is 33.3 Å². The molecule has 9 heteroatoms. The number of nitrogens with zero attached hydrogens (tertiary/aromatic N) is 3. The Morgan fingerprint density at radius 1 is 1.14 bits per heavy atom. The van der Waals surface area contributed by atoms with Gasteiger partial charge in [-0.15, -0.1) is 0 Å². The molecule has 1 aromatic heterocycles. The SMILES string of the molecule is COc1ccc(CNC(=O)N2CCN(S(=O)(=O)c3cc(C)ccc3C)CC2)cn1. The Bertz CT molecular complexity index is 968. The predicted octanol–water partition coefficient (Wildman–Crippen LogP) is 1.92. The molecule has 0 saturated carbocycles. The molecule has 0 spiro atoms. The molecule has 156 valence electrons. The molecule has 1 aliphatic rings. The molecule has 3 rings (SSSR count). The van der Waals surface area contributed by atoms with Crippen LogP contribution in [0.5, 0.6) is 5.88 Å². The number of nitrogens with one attached hydrogen (secondary N) is 1. The van der Waals surface area contributed by atoms with Crippen LogP contribution in [0.2, 0.25) is 0 Å². The highest BCUT2D eigenvalue weighted by Crippen LogP contribution is 2.22. The zero-order valence-electron chi connectivity index (χ0n) is 16.9. The smallest absolute Gasteiger partial charge is 0.317 e. The molecular formula is C20H26N4O4S. The first-order valence-corrected chi connectivity index (χ1v) is 10.8. The second-order valence-corrected chi connectivity index (χ2v) is 8.93. The largest absolute Gasteiger partial charge is 0.481 e. The lowest BCUT2D eigenvalue weighted by Gasteiger charge is -2.34. The van der Waals surface area contributed by atoms with Crippen LogP contribution in [0.4, 0.5) is 4.79 Å². The predicted molar refractivity (Wildman–Crippen MR) is 109 cm³/mol.